The minimum Gasteiger partial charge on any atom is -0.340 e. The molecule has 1 unspecified atom stereocenters. The number of hydrogen-bond acceptors (Lipinski definition) is 5. The summed E-state index contributed by atoms with van der Waals surface area (Å²) in [6.07, 6.45) is 5.39. The Labute approximate surface area is 103 Å². The summed E-state index contributed by atoms with van der Waals surface area (Å²) in [5.41, 5.74) is 8.03. The van der Waals surface area contributed by atoms with Crippen molar-refractivity contribution in [3.63, 3.8) is 0 Å². The number of hydrogen-bond donors (Lipinski definition) is 2. The largest absolute Gasteiger partial charge is 0.340 e. The van der Waals surface area contributed by atoms with Gasteiger partial charge in [-0.1, -0.05) is 13.3 Å². The van der Waals surface area contributed by atoms with Gasteiger partial charge < -0.3 is 10.7 Å². The van der Waals surface area contributed by atoms with Crippen molar-refractivity contribution >= 4 is 16.8 Å². The molecule has 0 fully saturated rings. The first kappa shape index (κ1) is 11.1. The molecule has 1 atom stereocenters. The van der Waals surface area contributed by atoms with E-state index in [2.05, 4.69) is 32.1 Å². The molecule has 7 heteroatoms. The number of nitrogens with two attached hydrogens (primary N) is 1. The Kier molecular flexibility index (Phi) is 2.67. The molecule has 0 aliphatic heterocycles. The van der Waals surface area contributed by atoms with Gasteiger partial charge in [-0.15, -0.1) is 10.2 Å². The first-order chi connectivity index (χ1) is 8.85. The zero-order valence-electron chi connectivity index (χ0n) is 10.2. The molecule has 0 amide bonds. The van der Waals surface area contributed by atoms with Crippen LogP contribution in [-0.2, 0) is 0 Å². The Morgan fingerprint density at radius 1 is 1.39 bits per heavy atom. The van der Waals surface area contributed by atoms with E-state index in [9.17, 15) is 0 Å². The van der Waals surface area contributed by atoms with Crippen molar-refractivity contribution in [2.75, 3.05) is 6.54 Å². The van der Waals surface area contributed by atoms with Gasteiger partial charge in [0.2, 0.25) is 0 Å². The van der Waals surface area contributed by atoms with Crippen molar-refractivity contribution in [1.82, 2.24) is 29.5 Å². The molecular formula is C11H15N7. The summed E-state index contributed by atoms with van der Waals surface area (Å²) < 4.78 is 1.90. The van der Waals surface area contributed by atoms with Crippen LogP contribution in [0, 0.1) is 0 Å². The lowest BCUT2D eigenvalue weighted by atomic mass is 10.0. The Morgan fingerprint density at radius 3 is 3.06 bits per heavy atom. The number of H-pyrrole nitrogens is 1. The van der Waals surface area contributed by atoms with E-state index in [1.54, 1.807) is 12.7 Å². The molecule has 3 rings (SSSR count). The average molecular weight is 245 g/mol. The fourth-order valence-corrected chi connectivity index (χ4v) is 2.23. The van der Waals surface area contributed by atoms with Gasteiger partial charge >= 0.3 is 0 Å². The number of rotatable bonds is 4. The maximum atomic E-state index is 5.81. The highest BCUT2D eigenvalue weighted by Crippen LogP contribution is 2.21. The summed E-state index contributed by atoms with van der Waals surface area (Å²) in [6, 6.07) is 0. The molecule has 0 saturated carbocycles. The molecule has 3 aromatic heterocycles. The van der Waals surface area contributed by atoms with Crippen LogP contribution in [0.25, 0.3) is 16.8 Å². The smallest absolute Gasteiger partial charge is 0.189 e. The molecule has 0 bridgehead atoms. The molecule has 0 spiro atoms. The highest BCUT2D eigenvalue weighted by atomic mass is 15.3. The molecule has 18 heavy (non-hydrogen) atoms. The predicted molar refractivity (Wildman–Crippen MR) is 67.1 cm³/mol. The van der Waals surface area contributed by atoms with Gasteiger partial charge in [0.25, 0.3) is 0 Å². The second-order valence-electron chi connectivity index (χ2n) is 4.32. The Bertz CT molecular complexity index is 668. The van der Waals surface area contributed by atoms with Crippen molar-refractivity contribution in [2.45, 2.75) is 25.7 Å². The van der Waals surface area contributed by atoms with E-state index in [-0.39, 0.29) is 5.92 Å². The van der Waals surface area contributed by atoms with E-state index in [4.69, 9.17) is 5.73 Å². The molecule has 3 aromatic rings. The van der Waals surface area contributed by atoms with E-state index < -0.39 is 0 Å². The van der Waals surface area contributed by atoms with Gasteiger partial charge in [0.1, 0.15) is 17.7 Å². The van der Waals surface area contributed by atoms with Crippen molar-refractivity contribution < 1.29 is 0 Å². The number of nitrogens with zero attached hydrogens (tertiary/aromatic N) is 5. The summed E-state index contributed by atoms with van der Waals surface area (Å²) in [5, 5.41) is 8.48. The highest BCUT2D eigenvalue weighted by Gasteiger charge is 2.18. The number of aromatic amines is 1. The predicted octanol–water partition coefficient (Wildman–Crippen LogP) is 0.843. The molecular weight excluding hydrogens is 230 g/mol. The zero-order chi connectivity index (χ0) is 12.5. The van der Waals surface area contributed by atoms with E-state index in [1.165, 1.54) is 0 Å². The molecule has 0 aromatic carbocycles. The van der Waals surface area contributed by atoms with Crippen LogP contribution in [0.2, 0.25) is 0 Å². The van der Waals surface area contributed by atoms with Gasteiger partial charge in [-0.2, -0.15) is 0 Å². The molecule has 0 aliphatic rings. The van der Waals surface area contributed by atoms with Crippen LogP contribution in [0.15, 0.2) is 12.7 Å². The van der Waals surface area contributed by atoms with Crippen LogP contribution >= 0.6 is 0 Å². The maximum absolute atomic E-state index is 5.81. The quantitative estimate of drug-likeness (QED) is 0.709. The molecule has 0 radical (unpaired) electrons. The minimum atomic E-state index is 0.215. The van der Waals surface area contributed by atoms with Gasteiger partial charge in [-0.3, -0.25) is 4.40 Å². The second-order valence-corrected chi connectivity index (χ2v) is 4.32. The summed E-state index contributed by atoms with van der Waals surface area (Å²) in [5.74, 6) is 1.09. The van der Waals surface area contributed by atoms with Crippen LogP contribution in [0.1, 0.15) is 31.5 Å². The van der Waals surface area contributed by atoms with Gasteiger partial charge in [-0.25, -0.2) is 9.97 Å². The number of imidazole rings is 1. The topological polar surface area (TPSA) is 97.8 Å². The molecule has 0 saturated heterocycles. The third kappa shape index (κ3) is 1.55. The van der Waals surface area contributed by atoms with Crippen LogP contribution in [0.4, 0.5) is 0 Å². The standard InChI is InChI=1S/C11H15N7/c1-2-3-7(4-12)10-16-17-11-8-9(14-5-13-8)15-6-18(10)11/h5-7H,2-4,12H2,1H3,(H,13,14). The van der Waals surface area contributed by atoms with Gasteiger partial charge in [0, 0.05) is 12.5 Å². The van der Waals surface area contributed by atoms with Crippen molar-refractivity contribution in [3.05, 3.63) is 18.5 Å². The first-order valence-corrected chi connectivity index (χ1v) is 6.08. The van der Waals surface area contributed by atoms with Crippen molar-refractivity contribution in [1.29, 1.82) is 0 Å². The lowest BCUT2D eigenvalue weighted by molar-refractivity contribution is 0.582. The number of aromatic nitrogens is 6. The Balaban J connectivity index is 2.18. The lowest BCUT2D eigenvalue weighted by Gasteiger charge is -2.10. The molecule has 0 aliphatic carbocycles. The van der Waals surface area contributed by atoms with Crippen molar-refractivity contribution in [3.8, 4) is 0 Å². The normalized spacial score (nSPS) is 13.4. The number of nitrogens with one attached hydrogen (secondary N) is 1. The second kappa shape index (κ2) is 4.34. The van der Waals surface area contributed by atoms with Crippen molar-refractivity contribution in [2.24, 2.45) is 5.73 Å². The monoisotopic (exact) mass is 245 g/mol. The van der Waals surface area contributed by atoms with Gasteiger partial charge in [-0.05, 0) is 6.42 Å². The molecule has 94 valence electrons. The number of fused-ring (bicyclic) bond motifs is 3. The summed E-state index contributed by atoms with van der Waals surface area (Å²) in [7, 11) is 0. The third-order valence-electron chi connectivity index (χ3n) is 3.15. The van der Waals surface area contributed by atoms with E-state index in [0.717, 1.165) is 29.8 Å². The lowest BCUT2D eigenvalue weighted by Crippen LogP contribution is -2.15. The molecule has 3 heterocycles. The fourth-order valence-electron chi connectivity index (χ4n) is 2.23. The Hall–Kier alpha value is -2.02. The summed E-state index contributed by atoms with van der Waals surface area (Å²) in [4.78, 5) is 11.4. The zero-order valence-corrected chi connectivity index (χ0v) is 10.2. The molecule has 3 N–H and O–H groups in total. The van der Waals surface area contributed by atoms with E-state index in [0.29, 0.717) is 12.2 Å². The minimum absolute atomic E-state index is 0.215. The van der Waals surface area contributed by atoms with Gasteiger partial charge in [0.05, 0.1) is 6.33 Å². The molecule has 7 nitrogen and oxygen atoms in total. The van der Waals surface area contributed by atoms with Crippen LogP contribution in [-0.4, -0.2) is 36.1 Å². The van der Waals surface area contributed by atoms with Crippen LogP contribution in [0.3, 0.4) is 0 Å². The third-order valence-corrected chi connectivity index (χ3v) is 3.15. The Morgan fingerprint density at radius 2 is 2.28 bits per heavy atom. The van der Waals surface area contributed by atoms with Gasteiger partial charge in [0.15, 0.2) is 11.3 Å². The summed E-state index contributed by atoms with van der Waals surface area (Å²) >= 11 is 0. The highest BCUT2D eigenvalue weighted by molar-refractivity contribution is 5.84. The van der Waals surface area contributed by atoms with Crippen LogP contribution < -0.4 is 5.73 Å². The SMILES string of the molecule is CCCC(CN)c1nnc2c3[nH]cnc3ncn12. The van der Waals surface area contributed by atoms with E-state index >= 15 is 0 Å². The fraction of sp³-hybridized carbons (Fsp3) is 0.455. The first-order valence-electron chi connectivity index (χ1n) is 6.08. The average Bonchev–Trinajstić information content (AvgIpc) is 3.01. The maximum Gasteiger partial charge on any atom is 0.189 e. The van der Waals surface area contributed by atoms with Crippen LogP contribution in [0.5, 0.6) is 0 Å². The van der Waals surface area contributed by atoms with E-state index in [1.807, 2.05) is 4.40 Å². The summed E-state index contributed by atoms with van der Waals surface area (Å²) in [6.45, 7) is 2.70.